The molecule has 3 nitrogen and oxygen atoms in total. The van der Waals surface area contributed by atoms with Crippen LogP contribution < -0.4 is 10.1 Å². The number of nitrogens with zero attached hydrogens (tertiary/aromatic N) is 1. The predicted octanol–water partition coefficient (Wildman–Crippen LogP) is 3.80. The molecule has 1 aliphatic rings. The molecule has 1 aliphatic heterocycles. The molecule has 1 atom stereocenters. The van der Waals surface area contributed by atoms with Crippen molar-refractivity contribution in [1.29, 1.82) is 0 Å². The normalized spacial score (nSPS) is 17.4. The molecule has 0 amide bonds. The molecule has 1 fully saturated rings. The van der Waals surface area contributed by atoms with Crippen LogP contribution in [0.25, 0.3) is 0 Å². The summed E-state index contributed by atoms with van der Waals surface area (Å²) in [6.07, 6.45) is -4.84. The van der Waals surface area contributed by atoms with Crippen LogP contribution >= 0.6 is 12.4 Å². The molecule has 23 heavy (non-hydrogen) atoms. The fourth-order valence-electron chi connectivity index (χ4n) is 2.87. The van der Waals surface area contributed by atoms with Gasteiger partial charge < -0.3 is 10.1 Å². The first-order chi connectivity index (χ1) is 10.5. The van der Waals surface area contributed by atoms with Gasteiger partial charge in [-0.15, -0.1) is 12.4 Å². The summed E-state index contributed by atoms with van der Waals surface area (Å²) in [5, 5.41) is 3.24. The van der Waals surface area contributed by atoms with Crippen LogP contribution in [0.1, 0.15) is 31.4 Å². The fraction of sp³-hybridized carbons (Fsp3) is 0.625. The van der Waals surface area contributed by atoms with Gasteiger partial charge in [-0.3, -0.25) is 4.90 Å². The molecule has 0 spiro atoms. The Bertz CT molecular complexity index is 465. The number of para-hydroxylation sites is 1. The van der Waals surface area contributed by atoms with E-state index in [2.05, 4.69) is 10.2 Å². The third kappa shape index (κ3) is 6.20. The Balaban J connectivity index is 0.00000264. The Kier molecular flexibility index (Phi) is 8.16. The Morgan fingerprint density at radius 3 is 2.48 bits per heavy atom. The zero-order valence-corrected chi connectivity index (χ0v) is 14.1. The molecule has 132 valence electrons. The predicted molar refractivity (Wildman–Crippen MR) is 87.3 cm³/mol. The van der Waals surface area contributed by atoms with Crippen molar-refractivity contribution in [2.45, 2.75) is 32.0 Å². The molecule has 0 unspecified atom stereocenters. The van der Waals surface area contributed by atoms with Crippen LogP contribution in [-0.4, -0.2) is 43.9 Å². The minimum absolute atomic E-state index is 0. The third-order valence-corrected chi connectivity index (χ3v) is 3.87. The van der Waals surface area contributed by atoms with Gasteiger partial charge in [0.25, 0.3) is 0 Å². The summed E-state index contributed by atoms with van der Waals surface area (Å²) in [5.41, 5.74) is 0.857. The molecule has 0 saturated carbocycles. The second kappa shape index (κ2) is 9.35. The summed E-state index contributed by atoms with van der Waals surface area (Å²) in [7, 11) is 0. The van der Waals surface area contributed by atoms with Crippen LogP contribution in [0.5, 0.6) is 5.75 Å². The average molecular weight is 353 g/mol. The molecule has 7 heteroatoms. The maximum Gasteiger partial charge on any atom is 0.389 e. The lowest BCUT2D eigenvalue weighted by Crippen LogP contribution is -2.45. The number of hydrogen-bond acceptors (Lipinski definition) is 3. The van der Waals surface area contributed by atoms with Crippen molar-refractivity contribution in [1.82, 2.24) is 10.2 Å². The number of halogens is 4. The van der Waals surface area contributed by atoms with Gasteiger partial charge in [-0.05, 0) is 19.4 Å². The lowest BCUT2D eigenvalue weighted by atomic mass is 9.98. The largest absolute Gasteiger partial charge is 0.494 e. The third-order valence-electron chi connectivity index (χ3n) is 3.87. The van der Waals surface area contributed by atoms with E-state index in [9.17, 15) is 13.2 Å². The molecule has 0 aliphatic carbocycles. The highest BCUT2D eigenvalue weighted by atomic mass is 35.5. The van der Waals surface area contributed by atoms with Crippen molar-refractivity contribution >= 4 is 12.4 Å². The number of rotatable bonds is 6. The van der Waals surface area contributed by atoms with Gasteiger partial charge >= 0.3 is 6.18 Å². The number of nitrogens with one attached hydrogen (secondary N) is 1. The highest BCUT2D eigenvalue weighted by Gasteiger charge is 2.32. The maximum absolute atomic E-state index is 12.7. The summed E-state index contributed by atoms with van der Waals surface area (Å²) in [4.78, 5) is 2.13. The highest BCUT2D eigenvalue weighted by Crippen LogP contribution is 2.36. The van der Waals surface area contributed by atoms with Crippen LogP contribution in [0, 0.1) is 0 Å². The van der Waals surface area contributed by atoms with E-state index in [0.29, 0.717) is 12.4 Å². The quantitative estimate of drug-likeness (QED) is 0.843. The van der Waals surface area contributed by atoms with E-state index >= 15 is 0 Å². The Morgan fingerprint density at radius 2 is 1.87 bits per heavy atom. The zero-order valence-electron chi connectivity index (χ0n) is 13.2. The van der Waals surface area contributed by atoms with E-state index in [0.717, 1.165) is 31.7 Å². The second-order valence-electron chi connectivity index (χ2n) is 5.43. The number of hydrogen-bond donors (Lipinski definition) is 1. The highest BCUT2D eigenvalue weighted by molar-refractivity contribution is 5.85. The Morgan fingerprint density at radius 1 is 1.22 bits per heavy atom. The van der Waals surface area contributed by atoms with Crippen molar-refractivity contribution in [2.75, 3.05) is 32.8 Å². The van der Waals surface area contributed by atoms with Gasteiger partial charge in [0.15, 0.2) is 0 Å². The first kappa shape index (κ1) is 20.1. The number of piperazine rings is 1. The Hall–Kier alpha value is -0.980. The lowest BCUT2D eigenvalue weighted by Gasteiger charge is -2.36. The van der Waals surface area contributed by atoms with Crippen molar-refractivity contribution in [3.8, 4) is 5.75 Å². The van der Waals surface area contributed by atoms with Gasteiger partial charge in [0.05, 0.1) is 6.61 Å². The minimum atomic E-state index is -4.13. The number of benzene rings is 1. The lowest BCUT2D eigenvalue weighted by molar-refractivity contribution is -0.138. The SMILES string of the molecule is CCOc1ccccc1[C@H](CCC(F)(F)F)N1CCNCC1.Cl. The van der Waals surface area contributed by atoms with E-state index in [-0.39, 0.29) is 24.9 Å². The molecule has 1 aromatic carbocycles. The molecule has 2 rings (SSSR count). The molecule has 0 radical (unpaired) electrons. The number of alkyl halides is 3. The minimum Gasteiger partial charge on any atom is -0.494 e. The van der Waals surface area contributed by atoms with E-state index < -0.39 is 12.6 Å². The summed E-state index contributed by atoms with van der Waals surface area (Å²) < 4.78 is 43.7. The standard InChI is InChI=1S/C16H23F3N2O.ClH/c1-2-22-15-6-4-3-5-13(15)14(7-8-16(17,18)19)21-11-9-20-10-12-21;/h3-6,14,20H,2,7-12H2,1H3;1H/t14-;/m0./s1. The maximum atomic E-state index is 12.7. The van der Waals surface area contributed by atoms with Crippen LogP contribution in [0.4, 0.5) is 13.2 Å². The zero-order chi connectivity index (χ0) is 16.0. The monoisotopic (exact) mass is 352 g/mol. The Labute approximate surface area is 141 Å². The van der Waals surface area contributed by atoms with Crippen LogP contribution in [0.3, 0.4) is 0 Å². The molecule has 1 heterocycles. The molecule has 0 aromatic heterocycles. The van der Waals surface area contributed by atoms with Crippen LogP contribution in [0.2, 0.25) is 0 Å². The van der Waals surface area contributed by atoms with Crippen molar-refractivity contribution in [3.05, 3.63) is 29.8 Å². The van der Waals surface area contributed by atoms with Gasteiger partial charge in [-0.25, -0.2) is 0 Å². The van der Waals surface area contributed by atoms with Crippen LogP contribution in [-0.2, 0) is 0 Å². The van der Waals surface area contributed by atoms with Crippen molar-refractivity contribution in [2.24, 2.45) is 0 Å². The van der Waals surface area contributed by atoms with Gasteiger partial charge in [-0.1, -0.05) is 18.2 Å². The van der Waals surface area contributed by atoms with Crippen molar-refractivity contribution in [3.63, 3.8) is 0 Å². The van der Waals surface area contributed by atoms with Crippen molar-refractivity contribution < 1.29 is 17.9 Å². The summed E-state index contributed by atoms with van der Waals surface area (Å²) in [6.45, 7) is 5.50. The van der Waals surface area contributed by atoms with E-state index in [1.54, 1.807) is 0 Å². The summed E-state index contributed by atoms with van der Waals surface area (Å²) in [5.74, 6) is 0.690. The summed E-state index contributed by atoms with van der Waals surface area (Å²) >= 11 is 0. The topological polar surface area (TPSA) is 24.5 Å². The summed E-state index contributed by atoms with van der Waals surface area (Å²) in [6, 6.07) is 7.18. The molecule has 1 aromatic rings. The van der Waals surface area contributed by atoms with E-state index in [4.69, 9.17) is 4.74 Å². The molecule has 1 N–H and O–H groups in total. The average Bonchev–Trinajstić information content (AvgIpc) is 2.49. The van der Waals surface area contributed by atoms with Gasteiger partial charge in [0, 0.05) is 44.2 Å². The second-order valence-corrected chi connectivity index (χ2v) is 5.43. The molecular weight excluding hydrogens is 329 g/mol. The van der Waals surface area contributed by atoms with Crippen LogP contribution in [0.15, 0.2) is 24.3 Å². The molecule has 1 saturated heterocycles. The van der Waals surface area contributed by atoms with Gasteiger partial charge in [0.2, 0.25) is 0 Å². The fourth-order valence-corrected chi connectivity index (χ4v) is 2.87. The molecule has 0 bridgehead atoms. The van der Waals surface area contributed by atoms with Gasteiger partial charge in [-0.2, -0.15) is 13.2 Å². The first-order valence-electron chi connectivity index (χ1n) is 7.74. The smallest absolute Gasteiger partial charge is 0.389 e. The number of ether oxygens (including phenoxy) is 1. The van der Waals surface area contributed by atoms with E-state index in [1.807, 2.05) is 31.2 Å². The molecular formula is C16H24ClF3N2O. The van der Waals surface area contributed by atoms with Gasteiger partial charge in [0.1, 0.15) is 5.75 Å². The first-order valence-corrected chi connectivity index (χ1v) is 7.74. The van der Waals surface area contributed by atoms with E-state index in [1.165, 1.54) is 0 Å².